The molecule has 0 saturated heterocycles. The molecule has 0 atom stereocenters. The molecule has 0 fully saturated rings. The molecular weight excluding hydrogens is 400 g/mol. The van der Waals surface area contributed by atoms with E-state index >= 15 is 0 Å². The number of para-hydroxylation sites is 1. The van der Waals surface area contributed by atoms with E-state index in [-0.39, 0.29) is 11.0 Å². The van der Waals surface area contributed by atoms with Gasteiger partial charge in [0.1, 0.15) is 17.1 Å². The van der Waals surface area contributed by atoms with Crippen molar-refractivity contribution < 1.29 is 9.53 Å². The van der Waals surface area contributed by atoms with Crippen LogP contribution in [-0.2, 0) is 6.54 Å². The average molecular weight is 419 g/mol. The van der Waals surface area contributed by atoms with Crippen molar-refractivity contribution in [2.45, 2.75) is 13.5 Å². The Morgan fingerprint density at radius 3 is 2.40 bits per heavy atom. The van der Waals surface area contributed by atoms with E-state index in [0.29, 0.717) is 28.4 Å². The SMILES string of the molecule is CCn1cc(C(=O)Nc2ccc(Oc3ccccc3)cc2)c(=O)c2cc(Cl)ccc21. The quantitative estimate of drug-likeness (QED) is 0.451. The molecule has 150 valence electrons. The highest BCUT2D eigenvalue weighted by atomic mass is 35.5. The van der Waals surface area contributed by atoms with Gasteiger partial charge in [-0.2, -0.15) is 0 Å². The first-order valence-electron chi connectivity index (χ1n) is 9.52. The van der Waals surface area contributed by atoms with Crippen LogP contribution in [0.25, 0.3) is 10.9 Å². The molecule has 0 aliphatic rings. The van der Waals surface area contributed by atoms with Crippen LogP contribution < -0.4 is 15.5 Å². The Hall–Kier alpha value is -3.57. The van der Waals surface area contributed by atoms with Crippen molar-refractivity contribution in [1.29, 1.82) is 0 Å². The van der Waals surface area contributed by atoms with Gasteiger partial charge >= 0.3 is 0 Å². The molecule has 6 heteroatoms. The maximum atomic E-state index is 12.9. The van der Waals surface area contributed by atoms with Gasteiger partial charge in [-0.25, -0.2) is 0 Å². The standard InChI is InChI=1S/C24H19ClN2O3/c1-2-27-15-21(23(28)20-14-16(25)8-13-22(20)27)24(29)26-17-9-11-19(12-10-17)30-18-6-4-3-5-7-18/h3-15H,2H2,1H3,(H,26,29). The average Bonchev–Trinajstić information content (AvgIpc) is 2.76. The highest BCUT2D eigenvalue weighted by Gasteiger charge is 2.16. The molecule has 0 radical (unpaired) electrons. The van der Waals surface area contributed by atoms with E-state index in [1.54, 1.807) is 48.7 Å². The number of fused-ring (bicyclic) bond motifs is 1. The zero-order valence-electron chi connectivity index (χ0n) is 16.3. The van der Waals surface area contributed by atoms with Crippen LogP contribution in [0.4, 0.5) is 5.69 Å². The first-order valence-corrected chi connectivity index (χ1v) is 9.90. The monoisotopic (exact) mass is 418 g/mol. The molecule has 0 aliphatic carbocycles. The second-order valence-corrected chi connectivity index (χ2v) is 7.15. The van der Waals surface area contributed by atoms with E-state index in [9.17, 15) is 9.59 Å². The Labute approximate surface area is 178 Å². The number of benzene rings is 3. The fraction of sp³-hybridized carbons (Fsp3) is 0.0833. The molecule has 0 saturated carbocycles. The predicted octanol–water partition coefficient (Wildman–Crippen LogP) is 5.72. The van der Waals surface area contributed by atoms with E-state index < -0.39 is 5.91 Å². The van der Waals surface area contributed by atoms with Crippen molar-refractivity contribution in [3.05, 3.63) is 99.8 Å². The molecule has 1 amide bonds. The van der Waals surface area contributed by atoms with Gasteiger partial charge in [0.2, 0.25) is 5.43 Å². The number of amides is 1. The largest absolute Gasteiger partial charge is 0.457 e. The molecule has 30 heavy (non-hydrogen) atoms. The van der Waals surface area contributed by atoms with E-state index in [2.05, 4.69) is 5.32 Å². The van der Waals surface area contributed by atoms with Crippen molar-refractivity contribution in [2.75, 3.05) is 5.32 Å². The molecule has 1 aromatic heterocycles. The van der Waals surface area contributed by atoms with Gasteiger partial charge in [-0.05, 0) is 61.5 Å². The summed E-state index contributed by atoms with van der Waals surface area (Å²) in [6.07, 6.45) is 1.58. The molecule has 0 unspecified atom stereocenters. The second-order valence-electron chi connectivity index (χ2n) is 6.71. The lowest BCUT2D eigenvalue weighted by molar-refractivity contribution is 0.102. The molecule has 0 spiro atoms. The molecule has 4 aromatic rings. The van der Waals surface area contributed by atoms with E-state index in [1.165, 1.54) is 0 Å². The normalized spacial score (nSPS) is 10.7. The van der Waals surface area contributed by atoms with Gasteiger partial charge < -0.3 is 14.6 Å². The summed E-state index contributed by atoms with van der Waals surface area (Å²) in [5, 5.41) is 3.65. The van der Waals surface area contributed by atoms with Gasteiger partial charge in [0, 0.05) is 28.8 Å². The number of rotatable bonds is 5. The third-order valence-electron chi connectivity index (χ3n) is 4.72. The number of hydrogen-bond donors (Lipinski definition) is 1. The summed E-state index contributed by atoms with van der Waals surface area (Å²) in [6, 6.07) is 21.5. The van der Waals surface area contributed by atoms with Crippen LogP contribution in [-0.4, -0.2) is 10.5 Å². The van der Waals surface area contributed by atoms with Crippen LogP contribution >= 0.6 is 11.6 Å². The predicted molar refractivity (Wildman–Crippen MR) is 120 cm³/mol. The third-order valence-corrected chi connectivity index (χ3v) is 4.95. The lowest BCUT2D eigenvalue weighted by Gasteiger charge is -2.12. The number of carbonyl (C=O) groups is 1. The van der Waals surface area contributed by atoms with Crippen LogP contribution in [0.15, 0.2) is 83.8 Å². The highest BCUT2D eigenvalue weighted by Crippen LogP contribution is 2.23. The summed E-state index contributed by atoms with van der Waals surface area (Å²) in [5.74, 6) is 0.901. The molecule has 5 nitrogen and oxygen atoms in total. The maximum Gasteiger partial charge on any atom is 0.261 e. The van der Waals surface area contributed by atoms with Crippen molar-refractivity contribution in [1.82, 2.24) is 4.57 Å². The number of nitrogens with one attached hydrogen (secondary N) is 1. The van der Waals surface area contributed by atoms with E-state index in [1.807, 2.05) is 41.8 Å². The number of nitrogens with zero attached hydrogens (tertiary/aromatic N) is 1. The van der Waals surface area contributed by atoms with E-state index in [4.69, 9.17) is 16.3 Å². The highest BCUT2D eigenvalue weighted by molar-refractivity contribution is 6.31. The Morgan fingerprint density at radius 2 is 1.70 bits per heavy atom. The summed E-state index contributed by atoms with van der Waals surface area (Å²) in [4.78, 5) is 25.7. The molecule has 1 N–H and O–H groups in total. The summed E-state index contributed by atoms with van der Waals surface area (Å²) in [7, 11) is 0. The fourth-order valence-corrected chi connectivity index (χ4v) is 3.39. The summed E-state index contributed by atoms with van der Waals surface area (Å²) >= 11 is 6.06. The maximum absolute atomic E-state index is 12.9. The van der Waals surface area contributed by atoms with Crippen molar-refractivity contribution in [2.24, 2.45) is 0 Å². The van der Waals surface area contributed by atoms with Gasteiger partial charge in [0.25, 0.3) is 5.91 Å². The van der Waals surface area contributed by atoms with Crippen molar-refractivity contribution >= 4 is 34.1 Å². The first kappa shape index (κ1) is 19.7. The Balaban J connectivity index is 1.59. The van der Waals surface area contributed by atoms with Crippen LogP contribution in [0, 0.1) is 0 Å². The molecule has 4 rings (SSSR count). The Morgan fingerprint density at radius 1 is 1.00 bits per heavy atom. The third kappa shape index (κ3) is 4.07. The molecular formula is C24H19ClN2O3. The van der Waals surface area contributed by atoms with Crippen molar-refractivity contribution in [3.63, 3.8) is 0 Å². The number of pyridine rings is 1. The smallest absolute Gasteiger partial charge is 0.261 e. The molecule has 0 bridgehead atoms. The minimum absolute atomic E-state index is 0.0660. The van der Waals surface area contributed by atoms with Gasteiger partial charge in [-0.15, -0.1) is 0 Å². The lowest BCUT2D eigenvalue weighted by Crippen LogP contribution is -2.23. The van der Waals surface area contributed by atoms with Crippen molar-refractivity contribution in [3.8, 4) is 11.5 Å². The second kappa shape index (κ2) is 8.43. The number of carbonyl (C=O) groups excluding carboxylic acids is 1. The van der Waals surface area contributed by atoms with Crippen LogP contribution in [0.2, 0.25) is 5.02 Å². The fourth-order valence-electron chi connectivity index (χ4n) is 3.22. The Bertz CT molecular complexity index is 1270. The van der Waals surface area contributed by atoms with Crippen LogP contribution in [0.5, 0.6) is 11.5 Å². The number of halogens is 1. The van der Waals surface area contributed by atoms with Gasteiger partial charge in [-0.3, -0.25) is 9.59 Å². The number of aryl methyl sites for hydroxylation is 1. The number of aromatic nitrogens is 1. The topological polar surface area (TPSA) is 60.3 Å². The number of hydrogen-bond acceptors (Lipinski definition) is 3. The first-order chi connectivity index (χ1) is 14.5. The van der Waals surface area contributed by atoms with Gasteiger partial charge in [0.15, 0.2) is 0 Å². The number of anilines is 1. The Kier molecular flexibility index (Phi) is 5.55. The molecule has 1 heterocycles. The van der Waals surface area contributed by atoms with E-state index in [0.717, 1.165) is 11.3 Å². The zero-order chi connectivity index (χ0) is 21.1. The molecule has 0 aliphatic heterocycles. The van der Waals surface area contributed by atoms with Crippen LogP contribution in [0.3, 0.4) is 0 Å². The number of ether oxygens (including phenoxy) is 1. The van der Waals surface area contributed by atoms with Crippen LogP contribution in [0.1, 0.15) is 17.3 Å². The summed E-state index contributed by atoms with van der Waals surface area (Å²) in [5.41, 5.74) is 1.02. The van der Waals surface area contributed by atoms with Gasteiger partial charge in [0.05, 0.1) is 5.52 Å². The zero-order valence-corrected chi connectivity index (χ0v) is 17.0. The summed E-state index contributed by atoms with van der Waals surface area (Å²) < 4.78 is 7.61. The van der Waals surface area contributed by atoms with Gasteiger partial charge in [-0.1, -0.05) is 29.8 Å². The summed E-state index contributed by atoms with van der Waals surface area (Å²) in [6.45, 7) is 2.57. The minimum Gasteiger partial charge on any atom is -0.457 e. The minimum atomic E-state index is -0.471. The molecule has 3 aromatic carbocycles. The lowest BCUT2D eigenvalue weighted by atomic mass is 10.1.